The maximum Gasteiger partial charge on any atom is 0.329 e. The molecule has 0 aromatic heterocycles. The highest BCUT2D eigenvalue weighted by Crippen LogP contribution is 2.09. The Kier molecular flexibility index (Phi) is 9.96. The third kappa shape index (κ3) is 8.71. The van der Waals surface area contributed by atoms with Crippen LogP contribution in [0.3, 0.4) is 0 Å². The van der Waals surface area contributed by atoms with Crippen molar-refractivity contribution in [2.45, 2.75) is 33.1 Å². The highest BCUT2D eigenvalue weighted by molar-refractivity contribution is 6.39. The molecule has 30 heavy (non-hydrogen) atoms. The van der Waals surface area contributed by atoms with Crippen LogP contribution in [0.25, 0.3) is 0 Å². The number of hydrazone groups is 1. The zero-order valence-electron chi connectivity index (χ0n) is 17.7. The van der Waals surface area contributed by atoms with E-state index < -0.39 is 11.8 Å². The van der Waals surface area contributed by atoms with Gasteiger partial charge in [0, 0.05) is 31.0 Å². The van der Waals surface area contributed by atoms with E-state index in [-0.39, 0.29) is 12.3 Å². The van der Waals surface area contributed by atoms with Crippen molar-refractivity contribution in [2.24, 2.45) is 5.10 Å². The third-order valence-corrected chi connectivity index (χ3v) is 4.67. The van der Waals surface area contributed by atoms with E-state index in [0.29, 0.717) is 17.9 Å². The van der Waals surface area contributed by atoms with Gasteiger partial charge < -0.3 is 15.4 Å². The molecule has 1 aliphatic heterocycles. The minimum atomic E-state index is -0.889. The molecule has 0 aliphatic carbocycles. The predicted molar refractivity (Wildman–Crippen MR) is 115 cm³/mol. The summed E-state index contributed by atoms with van der Waals surface area (Å²) in [5.41, 5.74) is 4.26. The van der Waals surface area contributed by atoms with Crippen LogP contribution in [-0.4, -0.2) is 67.7 Å². The molecular formula is C21H31N5O4. The number of nitrogens with one attached hydrogen (secondary N) is 3. The fraction of sp³-hybridized carbons (Fsp3) is 0.524. The lowest BCUT2D eigenvalue weighted by atomic mass is 10.1. The Bertz CT molecular complexity index is 742. The van der Waals surface area contributed by atoms with E-state index in [9.17, 15) is 14.4 Å². The molecule has 0 saturated carbocycles. The minimum absolute atomic E-state index is 0.0535. The Morgan fingerprint density at radius 1 is 1.10 bits per heavy atom. The number of hydrogen-bond acceptors (Lipinski definition) is 6. The summed E-state index contributed by atoms with van der Waals surface area (Å²) in [5.74, 6) is -1.88. The van der Waals surface area contributed by atoms with Gasteiger partial charge in [0.05, 0.1) is 19.6 Å². The molecule has 2 rings (SSSR count). The Morgan fingerprint density at radius 3 is 2.47 bits per heavy atom. The number of benzene rings is 1. The lowest BCUT2D eigenvalue weighted by molar-refractivity contribution is -0.136. The van der Waals surface area contributed by atoms with Gasteiger partial charge in [0.25, 0.3) is 0 Å². The number of anilines is 1. The van der Waals surface area contributed by atoms with Crippen molar-refractivity contribution in [3.8, 4) is 0 Å². The molecule has 164 valence electrons. The van der Waals surface area contributed by atoms with Crippen molar-refractivity contribution >= 4 is 29.1 Å². The summed E-state index contributed by atoms with van der Waals surface area (Å²) in [4.78, 5) is 38.1. The Balaban J connectivity index is 1.64. The fourth-order valence-electron chi connectivity index (χ4n) is 2.90. The zero-order valence-corrected chi connectivity index (χ0v) is 17.7. The van der Waals surface area contributed by atoms with Gasteiger partial charge in [-0.05, 0) is 44.0 Å². The van der Waals surface area contributed by atoms with Crippen LogP contribution in [0, 0.1) is 0 Å². The molecule has 1 aliphatic rings. The number of morpholine rings is 1. The van der Waals surface area contributed by atoms with Crippen LogP contribution in [0.1, 0.15) is 32.3 Å². The second-order valence-corrected chi connectivity index (χ2v) is 7.13. The highest BCUT2D eigenvalue weighted by atomic mass is 16.5. The van der Waals surface area contributed by atoms with Crippen LogP contribution >= 0.6 is 0 Å². The average Bonchev–Trinajstić information content (AvgIpc) is 2.76. The monoisotopic (exact) mass is 417 g/mol. The first-order chi connectivity index (χ1) is 14.5. The van der Waals surface area contributed by atoms with E-state index in [4.69, 9.17) is 4.74 Å². The first-order valence-corrected chi connectivity index (χ1v) is 10.3. The zero-order chi connectivity index (χ0) is 21.8. The first-order valence-electron chi connectivity index (χ1n) is 10.3. The molecule has 1 heterocycles. The van der Waals surface area contributed by atoms with Gasteiger partial charge in [0.2, 0.25) is 5.91 Å². The smallest absolute Gasteiger partial charge is 0.329 e. The maximum atomic E-state index is 12.0. The van der Waals surface area contributed by atoms with Crippen molar-refractivity contribution in [1.29, 1.82) is 0 Å². The second kappa shape index (κ2) is 12.7. The number of carbonyl (C=O) groups excluding carboxylic acids is 3. The number of rotatable bonds is 9. The van der Waals surface area contributed by atoms with E-state index >= 15 is 0 Å². The van der Waals surface area contributed by atoms with Gasteiger partial charge in [-0.15, -0.1) is 0 Å². The predicted octanol–water partition coefficient (Wildman–Crippen LogP) is 0.908. The number of amides is 3. The molecular weight excluding hydrogens is 386 g/mol. The number of nitrogens with zero attached hydrogens (tertiary/aromatic N) is 2. The van der Waals surface area contributed by atoms with E-state index in [1.165, 1.54) is 0 Å². The SMILES string of the molecule is CCc1ccc(NC(=O)C(=O)N/N=C(\C)CC(=O)NCCCN2CCOCC2)cc1. The molecule has 1 aromatic rings. The molecule has 1 fully saturated rings. The van der Waals surface area contributed by atoms with Gasteiger partial charge in [-0.25, -0.2) is 5.43 Å². The van der Waals surface area contributed by atoms with Crippen LogP contribution in [0.2, 0.25) is 0 Å². The van der Waals surface area contributed by atoms with Gasteiger partial charge in [-0.1, -0.05) is 19.1 Å². The summed E-state index contributed by atoms with van der Waals surface area (Å²) < 4.78 is 5.30. The summed E-state index contributed by atoms with van der Waals surface area (Å²) in [5, 5.41) is 9.17. The molecule has 9 nitrogen and oxygen atoms in total. The van der Waals surface area contributed by atoms with Crippen LogP contribution in [0.15, 0.2) is 29.4 Å². The molecule has 3 N–H and O–H groups in total. The summed E-state index contributed by atoms with van der Waals surface area (Å²) in [6.45, 7) is 8.53. The standard InChI is InChI=1S/C21H31N5O4/c1-3-17-5-7-18(8-6-17)23-20(28)21(29)25-24-16(2)15-19(27)22-9-4-10-26-11-13-30-14-12-26/h5-8H,3-4,9-15H2,1-2H3,(H,22,27)(H,23,28)(H,25,29)/b24-16+. The summed E-state index contributed by atoms with van der Waals surface area (Å²) in [6.07, 6.45) is 1.81. The number of hydrogen-bond donors (Lipinski definition) is 3. The lowest BCUT2D eigenvalue weighted by Crippen LogP contribution is -2.38. The molecule has 0 atom stereocenters. The maximum absolute atomic E-state index is 12.0. The van der Waals surface area contributed by atoms with E-state index in [0.717, 1.165) is 51.3 Å². The molecule has 0 spiro atoms. The lowest BCUT2D eigenvalue weighted by Gasteiger charge is -2.26. The van der Waals surface area contributed by atoms with Crippen molar-refractivity contribution in [2.75, 3.05) is 44.7 Å². The third-order valence-electron chi connectivity index (χ3n) is 4.67. The molecule has 3 amide bonds. The summed E-state index contributed by atoms with van der Waals surface area (Å²) in [7, 11) is 0. The quantitative estimate of drug-likeness (QED) is 0.239. The van der Waals surface area contributed by atoms with E-state index in [1.54, 1.807) is 19.1 Å². The topological polar surface area (TPSA) is 112 Å². The first kappa shape index (κ1) is 23.5. The van der Waals surface area contributed by atoms with Crippen LogP contribution in [0.5, 0.6) is 0 Å². The van der Waals surface area contributed by atoms with Crippen molar-refractivity contribution in [3.05, 3.63) is 29.8 Å². The fourth-order valence-corrected chi connectivity index (χ4v) is 2.90. The Morgan fingerprint density at radius 2 is 1.80 bits per heavy atom. The van der Waals surface area contributed by atoms with Gasteiger partial charge in [-0.3, -0.25) is 19.3 Å². The molecule has 0 unspecified atom stereocenters. The largest absolute Gasteiger partial charge is 0.379 e. The highest BCUT2D eigenvalue weighted by Gasteiger charge is 2.14. The van der Waals surface area contributed by atoms with Crippen molar-refractivity contribution in [3.63, 3.8) is 0 Å². The van der Waals surface area contributed by atoms with Gasteiger partial charge >= 0.3 is 11.8 Å². The molecule has 0 radical (unpaired) electrons. The number of ether oxygens (including phenoxy) is 1. The van der Waals surface area contributed by atoms with Crippen molar-refractivity contribution in [1.82, 2.24) is 15.6 Å². The van der Waals surface area contributed by atoms with Gasteiger partial charge in [0.1, 0.15) is 0 Å². The van der Waals surface area contributed by atoms with Crippen LogP contribution in [0.4, 0.5) is 5.69 Å². The van der Waals surface area contributed by atoms with Crippen LogP contribution in [-0.2, 0) is 25.5 Å². The molecule has 0 bridgehead atoms. The average molecular weight is 418 g/mol. The summed E-state index contributed by atoms with van der Waals surface area (Å²) >= 11 is 0. The van der Waals surface area contributed by atoms with E-state index in [2.05, 4.69) is 26.1 Å². The van der Waals surface area contributed by atoms with Crippen molar-refractivity contribution < 1.29 is 19.1 Å². The summed E-state index contributed by atoms with van der Waals surface area (Å²) in [6, 6.07) is 7.24. The number of aryl methyl sites for hydroxylation is 1. The van der Waals surface area contributed by atoms with Crippen LogP contribution < -0.4 is 16.1 Å². The Hall–Kier alpha value is -2.78. The second-order valence-electron chi connectivity index (χ2n) is 7.13. The molecule has 9 heteroatoms. The van der Waals surface area contributed by atoms with Gasteiger partial charge in [-0.2, -0.15) is 5.10 Å². The normalized spacial score (nSPS) is 14.8. The molecule has 1 aromatic carbocycles. The number of carbonyl (C=O) groups is 3. The Labute approximate surface area is 177 Å². The van der Waals surface area contributed by atoms with E-state index in [1.807, 2.05) is 19.1 Å². The molecule has 1 saturated heterocycles. The minimum Gasteiger partial charge on any atom is -0.379 e. The van der Waals surface area contributed by atoms with Gasteiger partial charge in [0.15, 0.2) is 0 Å².